The van der Waals surface area contributed by atoms with Gasteiger partial charge in [-0.3, -0.25) is 0 Å². The van der Waals surface area contributed by atoms with Crippen molar-refractivity contribution in [1.82, 2.24) is 14.9 Å². The maximum atomic E-state index is 12.8. The van der Waals surface area contributed by atoms with E-state index in [0.29, 0.717) is 18.9 Å². The highest BCUT2D eigenvalue weighted by Gasteiger charge is 2.32. The molecule has 1 N–H and O–H groups in total. The number of β-amino-alcohol motifs (C(OH)–C–C–N with tert-alkyl or cyclic N) is 1. The third-order valence-electron chi connectivity index (χ3n) is 2.83. The van der Waals surface area contributed by atoms with E-state index < -0.39 is 5.82 Å². The molecule has 5 nitrogen and oxygen atoms in total. The highest BCUT2D eigenvalue weighted by Crippen LogP contribution is 2.22. The van der Waals surface area contributed by atoms with Crippen molar-refractivity contribution in [3.63, 3.8) is 0 Å². The zero-order valence-electron chi connectivity index (χ0n) is 10.0. The van der Waals surface area contributed by atoms with Crippen LogP contribution in [0, 0.1) is 5.82 Å². The van der Waals surface area contributed by atoms with Crippen LogP contribution in [0.25, 0.3) is 0 Å². The second-order valence-electron chi connectivity index (χ2n) is 4.66. The standard InChI is InChI=1S/C11H17FN4O/c1-15(2)6-9-3-10(17)7-16(9)11-13-4-8(12)5-14-11/h4-5,9-10,17H,3,6-7H2,1-2H3. The fourth-order valence-electron chi connectivity index (χ4n) is 2.19. The summed E-state index contributed by atoms with van der Waals surface area (Å²) in [6.45, 7) is 1.32. The number of halogens is 1. The maximum Gasteiger partial charge on any atom is 0.225 e. The van der Waals surface area contributed by atoms with Crippen LogP contribution in [0.5, 0.6) is 0 Å². The molecule has 1 fully saturated rings. The minimum absolute atomic E-state index is 0.172. The van der Waals surface area contributed by atoms with Crippen LogP contribution in [0.1, 0.15) is 6.42 Å². The molecule has 2 atom stereocenters. The summed E-state index contributed by atoms with van der Waals surface area (Å²) >= 11 is 0. The molecule has 17 heavy (non-hydrogen) atoms. The largest absolute Gasteiger partial charge is 0.391 e. The molecular weight excluding hydrogens is 223 g/mol. The number of likely N-dealkylation sites (N-methyl/N-ethyl adjacent to an activating group) is 1. The summed E-state index contributed by atoms with van der Waals surface area (Å²) in [5.41, 5.74) is 0. The van der Waals surface area contributed by atoms with Crippen molar-refractivity contribution in [2.24, 2.45) is 0 Å². The van der Waals surface area contributed by atoms with Crippen molar-refractivity contribution >= 4 is 5.95 Å². The molecule has 0 amide bonds. The number of aliphatic hydroxyl groups is 1. The molecule has 2 heterocycles. The fourth-order valence-corrected chi connectivity index (χ4v) is 2.19. The van der Waals surface area contributed by atoms with Crippen LogP contribution in [0.2, 0.25) is 0 Å². The molecule has 1 saturated heterocycles. The van der Waals surface area contributed by atoms with E-state index in [1.807, 2.05) is 19.0 Å². The second kappa shape index (κ2) is 4.93. The molecule has 1 aromatic rings. The van der Waals surface area contributed by atoms with E-state index in [-0.39, 0.29) is 12.1 Å². The number of nitrogens with zero attached hydrogens (tertiary/aromatic N) is 4. The van der Waals surface area contributed by atoms with Crippen LogP contribution in [-0.4, -0.2) is 59.3 Å². The van der Waals surface area contributed by atoms with Crippen LogP contribution in [-0.2, 0) is 0 Å². The average molecular weight is 240 g/mol. The summed E-state index contributed by atoms with van der Waals surface area (Å²) in [4.78, 5) is 11.9. The lowest BCUT2D eigenvalue weighted by atomic mass is 10.2. The minimum atomic E-state index is -0.447. The van der Waals surface area contributed by atoms with Crippen molar-refractivity contribution in [1.29, 1.82) is 0 Å². The smallest absolute Gasteiger partial charge is 0.225 e. The summed E-state index contributed by atoms with van der Waals surface area (Å²) in [5.74, 6) is 0.0347. The van der Waals surface area contributed by atoms with E-state index in [1.165, 1.54) is 0 Å². The first-order valence-corrected chi connectivity index (χ1v) is 5.63. The number of hydrogen-bond donors (Lipinski definition) is 1. The SMILES string of the molecule is CN(C)CC1CC(O)CN1c1ncc(F)cn1. The van der Waals surface area contributed by atoms with E-state index in [0.717, 1.165) is 18.9 Å². The Morgan fingerprint density at radius 1 is 1.47 bits per heavy atom. The molecule has 0 radical (unpaired) electrons. The zero-order chi connectivity index (χ0) is 12.4. The van der Waals surface area contributed by atoms with Crippen LogP contribution in [0.3, 0.4) is 0 Å². The first-order valence-electron chi connectivity index (χ1n) is 5.63. The minimum Gasteiger partial charge on any atom is -0.391 e. The third kappa shape index (κ3) is 2.89. The van der Waals surface area contributed by atoms with Gasteiger partial charge in [0.2, 0.25) is 5.95 Å². The molecule has 0 saturated carbocycles. The number of aliphatic hydroxyl groups excluding tert-OH is 1. The lowest BCUT2D eigenvalue weighted by molar-refractivity contribution is 0.191. The quantitative estimate of drug-likeness (QED) is 0.813. The zero-order valence-corrected chi connectivity index (χ0v) is 10.0. The van der Waals surface area contributed by atoms with Gasteiger partial charge in [0.05, 0.1) is 18.5 Å². The Bertz CT molecular complexity index is 370. The van der Waals surface area contributed by atoms with Crippen molar-refractivity contribution < 1.29 is 9.50 Å². The first-order chi connectivity index (χ1) is 8.06. The predicted molar refractivity (Wildman–Crippen MR) is 62.3 cm³/mol. The van der Waals surface area contributed by atoms with Crippen LogP contribution in [0.4, 0.5) is 10.3 Å². The van der Waals surface area contributed by atoms with Gasteiger partial charge in [-0.05, 0) is 20.5 Å². The summed E-state index contributed by atoms with van der Waals surface area (Å²) in [6.07, 6.45) is 2.63. The monoisotopic (exact) mass is 240 g/mol. The van der Waals surface area contributed by atoms with Gasteiger partial charge in [0, 0.05) is 19.1 Å². The van der Waals surface area contributed by atoms with Gasteiger partial charge >= 0.3 is 0 Å². The Balaban J connectivity index is 2.14. The molecule has 0 aliphatic carbocycles. The first kappa shape index (κ1) is 12.2. The van der Waals surface area contributed by atoms with Crippen LogP contribution in [0.15, 0.2) is 12.4 Å². The summed E-state index contributed by atoms with van der Waals surface area (Å²) in [5, 5.41) is 9.71. The summed E-state index contributed by atoms with van der Waals surface area (Å²) < 4.78 is 12.8. The highest BCUT2D eigenvalue weighted by atomic mass is 19.1. The average Bonchev–Trinajstić information content (AvgIpc) is 2.59. The summed E-state index contributed by atoms with van der Waals surface area (Å²) in [7, 11) is 3.96. The van der Waals surface area contributed by atoms with Crippen molar-refractivity contribution in [3.05, 3.63) is 18.2 Å². The second-order valence-corrected chi connectivity index (χ2v) is 4.66. The number of anilines is 1. The molecule has 1 aliphatic rings. The maximum absolute atomic E-state index is 12.8. The third-order valence-corrected chi connectivity index (χ3v) is 2.83. The van der Waals surface area contributed by atoms with Gasteiger partial charge in [0.1, 0.15) is 0 Å². The topological polar surface area (TPSA) is 52.5 Å². The van der Waals surface area contributed by atoms with Gasteiger partial charge < -0.3 is 14.9 Å². The van der Waals surface area contributed by atoms with E-state index in [2.05, 4.69) is 14.9 Å². The number of hydrogen-bond acceptors (Lipinski definition) is 5. The lowest BCUT2D eigenvalue weighted by Crippen LogP contribution is -2.38. The van der Waals surface area contributed by atoms with E-state index >= 15 is 0 Å². The van der Waals surface area contributed by atoms with Crippen LogP contribution >= 0.6 is 0 Å². The van der Waals surface area contributed by atoms with Crippen molar-refractivity contribution in [2.45, 2.75) is 18.6 Å². The molecular formula is C11H17FN4O. The Kier molecular flexibility index (Phi) is 3.54. The van der Waals surface area contributed by atoms with Gasteiger partial charge in [0.15, 0.2) is 5.82 Å². The van der Waals surface area contributed by atoms with E-state index in [4.69, 9.17) is 0 Å². The number of rotatable bonds is 3. The normalized spacial score (nSPS) is 24.6. The molecule has 1 aliphatic heterocycles. The Morgan fingerprint density at radius 3 is 2.71 bits per heavy atom. The van der Waals surface area contributed by atoms with Gasteiger partial charge in [0.25, 0.3) is 0 Å². The Morgan fingerprint density at radius 2 is 2.12 bits per heavy atom. The van der Waals surface area contributed by atoms with Crippen molar-refractivity contribution in [3.8, 4) is 0 Å². The Labute approximate surface area is 99.9 Å². The molecule has 0 aromatic carbocycles. The van der Waals surface area contributed by atoms with Gasteiger partial charge in [-0.1, -0.05) is 0 Å². The fraction of sp³-hybridized carbons (Fsp3) is 0.636. The predicted octanol–water partition coefficient (Wildman–Crippen LogP) is 0.117. The van der Waals surface area contributed by atoms with E-state index in [1.54, 1.807) is 0 Å². The molecule has 1 aromatic heterocycles. The van der Waals surface area contributed by atoms with Gasteiger partial charge in [-0.25, -0.2) is 14.4 Å². The molecule has 0 spiro atoms. The van der Waals surface area contributed by atoms with E-state index in [9.17, 15) is 9.50 Å². The van der Waals surface area contributed by atoms with Gasteiger partial charge in [-0.15, -0.1) is 0 Å². The lowest BCUT2D eigenvalue weighted by Gasteiger charge is -2.26. The highest BCUT2D eigenvalue weighted by molar-refractivity contribution is 5.33. The van der Waals surface area contributed by atoms with Crippen molar-refractivity contribution in [2.75, 3.05) is 32.1 Å². The Hall–Kier alpha value is -1.27. The molecule has 6 heteroatoms. The summed E-state index contributed by atoms with van der Waals surface area (Å²) in [6, 6.07) is 0.172. The number of aromatic nitrogens is 2. The van der Waals surface area contributed by atoms with Crippen LogP contribution < -0.4 is 4.90 Å². The molecule has 2 unspecified atom stereocenters. The van der Waals surface area contributed by atoms with Gasteiger partial charge in [-0.2, -0.15) is 0 Å². The molecule has 94 valence electrons. The molecule has 0 bridgehead atoms. The molecule has 2 rings (SSSR count).